The second-order valence-corrected chi connectivity index (χ2v) is 5.29. The standard InChI is InChI=1S/C14H20ClFN2O/c1-2-3-12(18-8-6-17-7-9-18)13-10(15)4-5-11(16)14(13)19/h4-5,12,17,19H,2-3,6-9H2,1H3/t12-/m1/s1. The molecule has 0 unspecified atom stereocenters. The fourth-order valence-electron chi connectivity index (χ4n) is 2.65. The Kier molecular flexibility index (Phi) is 5.02. The van der Waals surface area contributed by atoms with Crippen LogP contribution in [0, 0.1) is 5.82 Å². The van der Waals surface area contributed by atoms with E-state index in [2.05, 4.69) is 17.1 Å². The summed E-state index contributed by atoms with van der Waals surface area (Å²) in [7, 11) is 0. The van der Waals surface area contributed by atoms with Gasteiger partial charge >= 0.3 is 0 Å². The second-order valence-electron chi connectivity index (χ2n) is 4.88. The zero-order valence-electron chi connectivity index (χ0n) is 11.1. The van der Waals surface area contributed by atoms with Crippen LogP contribution in [-0.4, -0.2) is 36.2 Å². The van der Waals surface area contributed by atoms with Crippen molar-refractivity contribution in [1.29, 1.82) is 0 Å². The lowest BCUT2D eigenvalue weighted by Crippen LogP contribution is -2.45. The Morgan fingerprint density at radius 1 is 1.42 bits per heavy atom. The number of aromatic hydroxyl groups is 1. The van der Waals surface area contributed by atoms with E-state index in [0.717, 1.165) is 39.0 Å². The Hall–Kier alpha value is -0.840. The lowest BCUT2D eigenvalue weighted by molar-refractivity contribution is 0.161. The highest BCUT2D eigenvalue weighted by Gasteiger charge is 2.27. The largest absolute Gasteiger partial charge is 0.505 e. The molecule has 0 saturated carbocycles. The maximum atomic E-state index is 13.6. The molecule has 0 aromatic heterocycles. The average molecular weight is 287 g/mol. The first kappa shape index (κ1) is 14.6. The van der Waals surface area contributed by atoms with Crippen molar-refractivity contribution in [3.05, 3.63) is 28.5 Å². The first-order valence-electron chi connectivity index (χ1n) is 6.76. The summed E-state index contributed by atoms with van der Waals surface area (Å²) >= 11 is 6.18. The molecule has 0 amide bonds. The van der Waals surface area contributed by atoms with Crippen LogP contribution >= 0.6 is 11.6 Å². The van der Waals surface area contributed by atoms with Crippen molar-refractivity contribution in [2.45, 2.75) is 25.8 Å². The Bertz CT molecular complexity index is 436. The Balaban J connectivity index is 2.35. The molecule has 1 aromatic carbocycles. The van der Waals surface area contributed by atoms with Gasteiger partial charge in [-0.3, -0.25) is 4.90 Å². The quantitative estimate of drug-likeness (QED) is 0.893. The smallest absolute Gasteiger partial charge is 0.165 e. The van der Waals surface area contributed by atoms with Gasteiger partial charge in [-0.2, -0.15) is 0 Å². The Morgan fingerprint density at radius 3 is 2.74 bits per heavy atom. The third-order valence-electron chi connectivity index (χ3n) is 3.60. The van der Waals surface area contributed by atoms with Crippen LogP contribution in [0.15, 0.2) is 12.1 Å². The van der Waals surface area contributed by atoms with Gasteiger partial charge in [0.15, 0.2) is 11.6 Å². The van der Waals surface area contributed by atoms with E-state index in [-0.39, 0.29) is 11.8 Å². The summed E-state index contributed by atoms with van der Waals surface area (Å²) in [5.74, 6) is -0.903. The van der Waals surface area contributed by atoms with Crippen LogP contribution in [0.2, 0.25) is 5.02 Å². The van der Waals surface area contributed by atoms with Crippen LogP contribution in [0.4, 0.5) is 4.39 Å². The van der Waals surface area contributed by atoms with Gasteiger partial charge in [0.2, 0.25) is 0 Å². The second kappa shape index (κ2) is 6.55. The van der Waals surface area contributed by atoms with E-state index in [9.17, 15) is 9.50 Å². The van der Waals surface area contributed by atoms with Crippen molar-refractivity contribution in [2.75, 3.05) is 26.2 Å². The third-order valence-corrected chi connectivity index (χ3v) is 3.93. The van der Waals surface area contributed by atoms with Crippen molar-refractivity contribution in [3.8, 4) is 5.75 Å². The molecule has 2 N–H and O–H groups in total. The number of rotatable bonds is 4. The zero-order valence-corrected chi connectivity index (χ0v) is 11.9. The van der Waals surface area contributed by atoms with Crippen molar-refractivity contribution < 1.29 is 9.50 Å². The molecule has 1 aliphatic heterocycles. The lowest BCUT2D eigenvalue weighted by atomic mass is 9.98. The maximum Gasteiger partial charge on any atom is 0.165 e. The number of halogens is 2. The van der Waals surface area contributed by atoms with Gasteiger partial charge in [-0.1, -0.05) is 24.9 Å². The number of benzene rings is 1. The summed E-state index contributed by atoms with van der Waals surface area (Å²) in [6.07, 6.45) is 1.82. The van der Waals surface area contributed by atoms with Crippen LogP contribution in [0.5, 0.6) is 5.75 Å². The number of hydrogen-bond acceptors (Lipinski definition) is 3. The summed E-state index contributed by atoms with van der Waals surface area (Å²) in [5, 5.41) is 13.7. The first-order chi connectivity index (χ1) is 9.15. The van der Waals surface area contributed by atoms with Gasteiger partial charge in [0.25, 0.3) is 0 Å². The molecule has 106 valence electrons. The molecule has 0 radical (unpaired) electrons. The van der Waals surface area contributed by atoms with Gasteiger partial charge in [-0.25, -0.2) is 4.39 Å². The summed E-state index contributed by atoms with van der Waals surface area (Å²) in [6, 6.07) is 2.72. The fourth-order valence-corrected chi connectivity index (χ4v) is 2.93. The number of phenolic OH excluding ortho intramolecular Hbond substituents is 1. The minimum absolute atomic E-state index is 0.0182. The van der Waals surface area contributed by atoms with Gasteiger partial charge in [-0.05, 0) is 18.6 Å². The van der Waals surface area contributed by atoms with E-state index in [0.29, 0.717) is 10.6 Å². The molecular weight excluding hydrogens is 267 g/mol. The molecule has 0 spiro atoms. The van der Waals surface area contributed by atoms with Crippen molar-refractivity contribution >= 4 is 11.6 Å². The van der Waals surface area contributed by atoms with Gasteiger partial charge in [0.1, 0.15) is 0 Å². The molecular formula is C14H20ClFN2O. The van der Waals surface area contributed by atoms with E-state index in [1.165, 1.54) is 12.1 Å². The highest BCUT2D eigenvalue weighted by molar-refractivity contribution is 6.31. The normalized spacial score (nSPS) is 18.5. The summed E-state index contributed by atoms with van der Waals surface area (Å²) in [4.78, 5) is 2.26. The van der Waals surface area contributed by atoms with Gasteiger partial charge in [0, 0.05) is 42.8 Å². The molecule has 1 saturated heterocycles. The molecule has 0 aliphatic carbocycles. The van der Waals surface area contributed by atoms with Gasteiger partial charge in [0.05, 0.1) is 0 Å². The van der Waals surface area contributed by atoms with Crippen LogP contribution in [0.3, 0.4) is 0 Å². The fraction of sp³-hybridized carbons (Fsp3) is 0.571. The molecule has 19 heavy (non-hydrogen) atoms. The average Bonchev–Trinajstić information content (AvgIpc) is 2.43. The van der Waals surface area contributed by atoms with E-state index >= 15 is 0 Å². The maximum absolute atomic E-state index is 13.6. The zero-order chi connectivity index (χ0) is 13.8. The predicted octanol–water partition coefficient (Wildman–Crippen LogP) is 2.93. The number of nitrogens with zero attached hydrogens (tertiary/aromatic N) is 1. The monoisotopic (exact) mass is 286 g/mol. The van der Waals surface area contributed by atoms with Crippen molar-refractivity contribution in [3.63, 3.8) is 0 Å². The number of phenols is 1. The van der Waals surface area contributed by atoms with E-state index < -0.39 is 5.82 Å². The lowest BCUT2D eigenvalue weighted by Gasteiger charge is -2.35. The minimum atomic E-state index is -0.601. The van der Waals surface area contributed by atoms with E-state index in [1.807, 2.05) is 0 Å². The number of piperazine rings is 1. The molecule has 1 aliphatic rings. The summed E-state index contributed by atoms with van der Waals surface area (Å²) in [6.45, 7) is 5.68. The van der Waals surface area contributed by atoms with Crippen molar-refractivity contribution in [2.24, 2.45) is 0 Å². The van der Waals surface area contributed by atoms with Crippen molar-refractivity contribution in [1.82, 2.24) is 10.2 Å². The SMILES string of the molecule is CCC[C@H](c1c(Cl)ccc(F)c1O)N1CCNCC1. The molecule has 0 bridgehead atoms. The molecule has 5 heteroatoms. The summed E-state index contributed by atoms with van der Waals surface area (Å²) in [5.41, 5.74) is 0.533. The number of nitrogens with one attached hydrogen (secondary N) is 1. The summed E-state index contributed by atoms with van der Waals surface area (Å²) < 4.78 is 13.6. The molecule has 1 atom stereocenters. The molecule has 3 nitrogen and oxygen atoms in total. The van der Waals surface area contributed by atoms with Crippen LogP contribution < -0.4 is 5.32 Å². The van der Waals surface area contributed by atoms with E-state index in [4.69, 9.17) is 11.6 Å². The molecule has 1 aromatic rings. The molecule has 1 fully saturated rings. The molecule has 1 heterocycles. The highest BCUT2D eigenvalue weighted by Crippen LogP contribution is 2.38. The minimum Gasteiger partial charge on any atom is -0.505 e. The Labute approximate surface area is 118 Å². The third kappa shape index (κ3) is 3.19. The molecule has 2 rings (SSSR count). The Morgan fingerprint density at radius 2 is 2.11 bits per heavy atom. The van der Waals surface area contributed by atoms with Crippen LogP contribution in [0.25, 0.3) is 0 Å². The van der Waals surface area contributed by atoms with Crippen LogP contribution in [-0.2, 0) is 0 Å². The topological polar surface area (TPSA) is 35.5 Å². The highest BCUT2D eigenvalue weighted by atomic mass is 35.5. The number of hydrogen-bond donors (Lipinski definition) is 2. The van der Waals surface area contributed by atoms with E-state index in [1.54, 1.807) is 0 Å². The van der Waals surface area contributed by atoms with Gasteiger partial charge < -0.3 is 10.4 Å². The predicted molar refractivity (Wildman–Crippen MR) is 75.2 cm³/mol. The van der Waals surface area contributed by atoms with Crippen LogP contribution in [0.1, 0.15) is 31.4 Å². The van der Waals surface area contributed by atoms with Gasteiger partial charge in [-0.15, -0.1) is 0 Å². The first-order valence-corrected chi connectivity index (χ1v) is 7.14.